The van der Waals surface area contributed by atoms with Crippen LogP contribution in [0.4, 0.5) is 51.2 Å². The molecule has 9 aromatic rings. The third kappa shape index (κ3) is 6.39. The topological polar surface area (TPSA) is 35.5 Å². The van der Waals surface area contributed by atoms with Crippen LogP contribution in [0, 0.1) is 0 Å². The summed E-state index contributed by atoms with van der Waals surface area (Å²) in [6, 6.07) is 68.8. The van der Waals surface area contributed by atoms with Gasteiger partial charge in [-0.1, -0.05) is 125 Å². The number of anilines is 9. The van der Waals surface area contributed by atoms with Crippen LogP contribution in [0.25, 0.3) is 22.3 Å². The van der Waals surface area contributed by atoms with Crippen LogP contribution in [0.15, 0.2) is 213 Å². The van der Waals surface area contributed by atoms with Gasteiger partial charge in [0.05, 0.1) is 39.8 Å². The molecule has 11 rings (SSSR count). The Balaban J connectivity index is 1.18. The van der Waals surface area contributed by atoms with Gasteiger partial charge in [0.1, 0.15) is 0 Å². The molecule has 0 saturated heterocycles. The molecule has 63 heavy (non-hydrogen) atoms. The summed E-state index contributed by atoms with van der Waals surface area (Å²) in [7, 11) is 0. The third-order valence-electron chi connectivity index (χ3n) is 13.2. The fraction of sp³-hybridized carbons (Fsp3) is 0.103. The lowest BCUT2D eigenvalue weighted by atomic mass is 9.73. The Morgan fingerprint density at radius 1 is 0.333 bits per heavy atom. The minimum absolute atomic E-state index is 0.195. The Labute approximate surface area is 370 Å². The van der Waals surface area contributed by atoms with Crippen molar-refractivity contribution in [2.24, 2.45) is 0 Å². The van der Waals surface area contributed by atoms with Gasteiger partial charge in [-0.3, -0.25) is 9.97 Å². The maximum atomic E-state index is 4.27. The summed E-state index contributed by atoms with van der Waals surface area (Å²) < 4.78 is 0. The number of benzene rings is 7. The van der Waals surface area contributed by atoms with E-state index in [1.165, 1.54) is 45.0 Å². The van der Waals surface area contributed by atoms with E-state index in [0.717, 1.165) is 50.7 Å². The van der Waals surface area contributed by atoms with Gasteiger partial charge in [0, 0.05) is 47.0 Å². The zero-order valence-corrected chi connectivity index (χ0v) is 35.9. The molecule has 2 aliphatic rings. The number of nitrogens with zero attached hydrogens (tertiary/aromatic N) is 5. The highest BCUT2D eigenvalue weighted by molar-refractivity contribution is 5.94. The van der Waals surface area contributed by atoms with Gasteiger partial charge in [-0.25, -0.2) is 0 Å². The molecule has 0 saturated carbocycles. The standard InChI is InChI=1S/C58H47N5/c1-57(2)49-13-5-9-17-53(49)62(54-18-10-6-14-50(54)57)47-37-46(38-48(39-47)63-55-19-11-7-15-51(55)58(3,4)52-16-8-12-20-56(52)63)61(44-25-21-40(22-26-44)42-29-33-59-34-30-42)45-27-23-41(24-28-45)43-31-35-60-36-32-43/h5-39H,1-4H3. The summed E-state index contributed by atoms with van der Waals surface area (Å²) in [5.74, 6) is 0. The van der Waals surface area contributed by atoms with Crippen LogP contribution in [0.5, 0.6) is 0 Å². The summed E-state index contributed by atoms with van der Waals surface area (Å²) in [5.41, 5.74) is 19.3. The van der Waals surface area contributed by atoms with Gasteiger partial charge in [-0.15, -0.1) is 0 Å². The molecule has 0 N–H and O–H groups in total. The van der Waals surface area contributed by atoms with Gasteiger partial charge in [-0.2, -0.15) is 0 Å². The van der Waals surface area contributed by atoms with E-state index >= 15 is 0 Å². The first-order chi connectivity index (χ1) is 30.8. The van der Waals surface area contributed by atoms with Crippen LogP contribution in [-0.2, 0) is 10.8 Å². The SMILES string of the molecule is CC1(C)c2ccccc2N(c2cc(N(c3ccc(-c4ccncc4)cc3)c3ccc(-c4ccncc4)cc3)cc(N3c4ccccc4C(C)(C)c4ccccc43)c2)c2ccccc21. The summed E-state index contributed by atoms with van der Waals surface area (Å²) in [6.45, 7) is 9.39. The number of aromatic nitrogens is 2. The van der Waals surface area contributed by atoms with Crippen molar-refractivity contribution in [3.05, 3.63) is 235 Å². The molecule has 2 aromatic heterocycles. The van der Waals surface area contributed by atoms with Crippen LogP contribution in [-0.4, -0.2) is 9.97 Å². The number of para-hydroxylation sites is 4. The lowest BCUT2D eigenvalue weighted by molar-refractivity contribution is 0.631. The molecule has 0 aliphatic carbocycles. The molecule has 5 nitrogen and oxygen atoms in total. The molecule has 0 fully saturated rings. The lowest BCUT2D eigenvalue weighted by Crippen LogP contribution is -2.31. The van der Waals surface area contributed by atoms with Gasteiger partial charge in [-0.05, 0) is 136 Å². The molecule has 5 heteroatoms. The number of hydrogen-bond acceptors (Lipinski definition) is 5. The maximum Gasteiger partial charge on any atom is 0.0503 e. The fourth-order valence-electron chi connectivity index (χ4n) is 10.0. The molecule has 304 valence electrons. The summed E-state index contributed by atoms with van der Waals surface area (Å²) >= 11 is 0. The molecular weight excluding hydrogens is 767 g/mol. The highest BCUT2D eigenvalue weighted by Gasteiger charge is 2.39. The van der Waals surface area contributed by atoms with Crippen molar-refractivity contribution in [2.75, 3.05) is 14.7 Å². The van der Waals surface area contributed by atoms with Crippen LogP contribution in [0.3, 0.4) is 0 Å². The maximum absolute atomic E-state index is 4.27. The van der Waals surface area contributed by atoms with Gasteiger partial charge in [0.2, 0.25) is 0 Å². The predicted molar refractivity (Wildman–Crippen MR) is 261 cm³/mol. The van der Waals surface area contributed by atoms with Gasteiger partial charge in [0.15, 0.2) is 0 Å². The number of hydrogen-bond donors (Lipinski definition) is 0. The first-order valence-corrected chi connectivity index (χ1v) is 21.7. The molecule has 4 heterocycles. The lowest BCUT2D eigenvalue weighted by Gasteiger charge is -2.44. The quantitative estimate of drug-likeness (QED) is 0.160. The molecule has 2 aliphatic heterocycles. The van der Waals surface area contributed by atoms with Crippen molar-refractivity contribution in [3.8, 4) is 22.3 Å². The summed E-state index contributed by atoms with van der Waals surface area (Å²) in [5, 5.41) is 0. The Kier molecular flexibility index (Phi) is 9.09. The van der Waals surface area contributed by atoms with Crippen LogP contribution < -0.4 is 14.7 Å². The van der Waals surface area contributed by atoms with Crippen molar-refractivity contribution >= 4 is 51.2 Å². The van der Waals surface area contributed by atoms with E-state index in [-0.39, 0.29) is 10.8 Å². The first-order valence-electron chi connectivity index (χ1n) is 21.7. The predicted octanol–water partition coefficient (Wildman–Crippen LogP) is 15.5. The van der Waals surface area contributed by atoms with Gasteiger partial charge in [0.25, 0.3) is 0 Å². The largest absolute Gasteiger partial charge is 0.310 e. The van der Waals surface area contributed by atoms with Gasteiger partial charge < -0.3 is 14.7 Å². The Bertz CT molecular complexity index is 2810. The Morgan fingerprint density at radius 3 is 0.968 bits per heavy atom. The first kappa shape index (κ1) is 38.2. The van der Waals surface area contributed by atoms with E-state index in [2.05, 4.69) is 240 Å². The molecule has 0 spiro atoms. The number of pyridine rings is 2. The highest BCUT2D eigenvalue weighted by atomic mass is 15.2. The molecule has 0 atom stereocenters. The van der Waals surface area contributed by atoms with E-state index in [1.807, 2.05) is 24.8 Å². The second-order valence-corrected chi connectivity index (χ2v) is 17.6. The van der Waals surface area contributed by atoms with E-state index in [0.29, 0.717) is 0 Å². The molecule has 0 amide bonds. The zero-order chi connectivity index (χ0) is 42.7. The Hall–Kier alpha value is -7.76. The van der Waals surface area contributed by atoms with Crippen molar-refractivity contribution in [1.82, 2.24) is 9.97 Å². The van der Waals surface area contributed by atoms with Crippen molar-refractivity contribution in [2.45, 2.75) is 38.5 Å². The van der Waals surface area contributed by atoms with E-state index in [4.69, 9.17) is 0 Å². The van der Waals surface area contributed by atoms with Crippen molar-refractivity contribution in [1.29, 1.82) is 0 Å². The molecule has 0 bridgehead atoms. The van der Waals surface area contributed by atoms with Crippen LogP contribution in [0.1, 0.15) is 49.9 Å². The summed E-state index contributed by atoms with van der Waals surface area (Å²) in [6.07, 6.45) is 7.40. The number of rotatable bonds is 7. The van der Waals surface area contributed by atoms with E-state index < -0.39 is 0 Å². The second-order valence-electron chi connectivity index (χ2n) is 17.6. The highest BCUT2D eigenvalue weighted by Crippen LogP contribution is 2.56. The summed E-state index contributed by atoms with van der Waals surface area (Å²) in [4.78, 5) is 15.9. The average molecular weight is 814 g/mol. The third-order valence-corrected chi connectivity index (χ3v) is 13.2. The van der Waals surface area contributed by atoms with Gasteiger partial charge >= 0.3 is 0 Å². The average Bonchev–Trinajstić information content (AvgIpc) is 3.33. The zero-order valence-electron chi connectivity index (χ0n) is 35.9. The fourth-order valence-corrected chi connectivity index (χ4v) is 10.0. The van der Waals surface area contributed by atoms with Crippen molar-refractivity contribution < 1.29 is 0 Å². The second kappa shape index (κ2) is 15.0. The van der Waals surface area contributed by atoms with Crippen LogP contribution in [0.2, 0.25) is 0 Å². The van der Waals surface area contributed by atoms with E-state index in [9.17, 15) is 0 Å². The smallest absolute Gasteiger partial charge is 0.0503 e. The molecule has 0 unspecified atom stereocenters. The number of fused-ring (bicyclic) bond motifs is 4. The molecule has 7 aromatic carbocycles. The minimum Gasteiger partial charge on any atom is -0.310 e. The monoisotopic (exact) mass is 813 g/mol. The van der Waals surface area contributed by atoms with Crippen LogP contribution >= 0.6 is 0 Å². The minimum atomic E-state index is -0.195. The Morgan fingerprint density at radius 2 is 0.635 bits per heavy atom. The molecular formula is C58H47N5. The van der Waals surface area contributed by atoms with E-state index in [1.54, 1.807) is 0 Å². The normalized spacial score (nSPS) is 14.2. The van der Waals surface area contributed by atoms with Crippen molar-refractivity contribution in [3.63, 3.8) is 0 Å². The molecule has 0 radical (unpaired) electrons.